The number of piperazine rings is 1. The molecule has 0 aliphatic carbocycles. The molecule has 0 amide bonds. The van der Waals surface area contributed by atoms with E-state index in [2.05, 4.69) is 22.4 Å². The maximum Gasteiger partial charge on any atom is 0.165 e. The summed E-state index contributed by atoms with van der Waals surface area (Å²) in [7, 11) is 3.60. The number of halogens is 1. The molecule has 106 valence electrons. The van der Waals surface area contributed by atoms with Crippen molar-refractivity contribution in [1.82, 2.24) is 15.3 Å². The zero-order valence-corrected chi connectivity index (χ0v) is 11.8. The minimum absolute atomic E-state index is 0.0869. The minimum Gasteiger partial charge on any atom is -0.494 e. The van der Waals surface area contributed by atoms with Gasteiger partial charge in [0.1, 0.15) is 0 Å². The van der Waals surface area contributed by atoms with Crippen LogP contribution in [0.1, 0.15) is 18.5 Å². The second kappa shape index (κ2) is 6.32. The average molecular weight is 267 g/mol. The summed E-state index contributed by atoms with van der Waals surface area (Å²) >= 11 is 0. The topological polar surface area (TPSA) is 27.7 Å². The second-order valence-electron chi connectivity index (χ2n) is 5.04. The number of nitrogens with zero attached hydrogens (tertiary/aromatic N) is 2. The number of hydrogen-bond acceptors (Lipinski definition) is 4. The number of hydrogen-bond donors (Lipinski definition) is 1. The molecule has 1 unspecified atom stereocenters. The summed E-state index contributed by atoms with van der Waals surface area (Å²) < 4.78 is 18.6. The van der Waals surface area contributed by atoms with Gasteiger partial charge in [-0.3, -0.25) is 0 Å². The van der Waals surface area contributed by atoms with E-state index in [1.807, 2.05) is 13.0 Å². The Bertz CT molecular complexity index is 419. The third kappa shape index (κ3) is 3.65. The first-order valence-corrected chi connectivity index (χ1v) is 6.63. The van der Waals surface area contributed by atoms with Crippen LogP contribution in [0.2, 0.25) is 0 Å². The van der Waals surface area contributed by atoms with Crippen molar-refractivity contribution in [2.75, 3.05) is 40.3 Å². The standard InChI is InChI=1S/C14H22FN3O/c1-11(16-18-8-6-17(2)7-9-18)12-4-5-14(19-3)13(15)10-12/h4-5,10-11,16H,6-9H2,1-3H3. The van der Waals surface area contributed by atoms with Gasteiger partial charge in [0.15, 0.2) is 11.6 Å². The number of benzene rings is 1. The predicted molar refractivity (Wildman–Crippen MR) is 73.6 cm³/mol. The predicted octanol–water partition coefficient (Wildman–Crippen LogP) is 1.65. The van der Waals surface area contributed by atoms with Crippen molar-refractivity contribution in [2.45, 2.75) is 13.0 Å². The van der Waals surface area contributed by atoms with E-state index < -0.39 is 0 Å². The van der Waals surface area contributed by atoms with Crippen molar-refractivity contribution < 1.29 is 9.13 Å². The van der Waals surface area contributed by atoms with Crippen LogP contribution in [0.3, 0.4) is 0 Å². The van der Waals surface area contributed by atoms with Gasteiger partial charge >= 0.3 is 0 Å². The molecule has 1 aliphatic rings. The van der Waals surface area contributed by atoms with E-state index in [1.54, 1.807) is 6.07 Å². The highest BCUT2D eigenvalue weighted by molar-refractivity contribution is 5.30. The van der Waals surface area contributed by atoms with Gasteiger partial charge in [0, 0.05) is 32.2 Å². The van der Waals surface area contributed by atoms with Gasteiger partial charge in [-0.05, 0) is 31.7 Å². The number of nitrogens with one attached hydrogen (secondary N) is 1. The smallest absolute Gasteiger partial charge is 0.165 e. The van der Waals surface area contributed by atoms with Gasteiger partial charge in [0.2, 0.25) is 0 Å². The van der Waals surface area contributed by atoms with Crippen LogP contribution in [0.5, 0.6) is 5.75 Å². The van der Waals surface area contributed by atoms with Crippen LogP contribution in [0.15, 0.2) is 18.2 Å². The molecule has 1 heterocycles. The summed E-state index contributed by atoms with van der Waals surface area (Å²) in [6, 6.07) is 5.19. The fraction of sp³-hybridized carbons (Fsp3) is 0.571. The van der Waals surface area contributed by atoms with Gasteiger partial charge in [-0.15, -0.1) is 0 Å². The first-order valence-electron chi connectivity index (χ1n) is 6.63. The van der Waals surface area contributed by atoms with Crippen molar-refractivity contribution in [3.05, 3.63) is 29.6 Å². The molecule has 0 radical (unpaired) electrons. The zero-order valence-electron chi connectivity index (χ0n) is 11.8. The van der Waals surface area contributed by atoms with Gasteiger partial charge in [-0.2, -0.15) is 0 Å². The molecule has 4 nitrogen and oxygen atoms in total. The lowest BCUT2D eigenvalue weighted by Gasteiger charge is -2.34. The summed E-state index contributed by atoms with van der Waals surface area (Å²) in [6.45, 7) is 6.12. The molecule has 1 aromatic rings. The van der Waals surface area contributed by atoms with E-state index in [4.69, 9.17) is 4.74 Å². The Morgan fingerprint density at radius 1 is 1.26 bits per heavy atom. The third-order valence-electron chi connectivity index (χ3n) is 3.56. The van der Waals surface area contributed by atoms with Crippen LogP contribution in [0, 0.1) is 5.82 Å². The van der Waals surface area contributed by atoms with Gasteiger partial charge < -0.3 is 9.64 Å². The Labute approximate surface area is 114 Å². The molecule has 1 atom stereocenters. The first kappa shape index (κ1) is 14.2. The van der Waals surface area contributed by atoms with E-state index >= 15 is 0 Å². The van der Waals surface area contributed by atoms with Crippen molar-refractivity contribution in [3.8, 4) is 5.75 Å². The van der Waals surface area contributed by atoms with Crippen LogP contribution in [-0.4, -0.2) is 50.2 Å². The van der Waals surface area contributed by atoms with Crippen LogP contribution in [0.4, 0.5) is 4.39 Å². The normalized spacial score (nSPS) is 19.4. The molecule has 0 bridgehead atoms. The Balaban J connectivity index is 1.96. The Hall–Kier alpha value is -1.17. The van der Waals surface area contributed by atoms with E-state index in [1.165, 1.54) is 13.2 Å². The van der Waals surface area contributed by atoms with Crippen LogP contribution in [0.25, 0.3) is 0 Å². The highest BCUT2D eigenvalue weighted by atomic mass is 19.1. The second-order valence-corrected chi connectivity index (χ2v) is 5.04. The van der Waals surface area contributed by atoms with Gasteiger partial charge in [0.25, 0.3) is 0 Å². The number of hydrazine groups is 1. The van der Waals surface area contributed by atoms with Crippen LogP contribution < -0.4 is 10.2 Å². The Kier molecular flexibility index (Phi) is 4.74. The molecular weight excluding hydrogens is 245 g/mol. The highest BCUT2D eigenvalue weighted by Crippen LogP contribution is 2.21. The number of methoxy groups -OCH3 is 1. The van der Waals surface area contributed by atoms with Crippen molar-refractivity contribution in [3.63, 3.8) is 0 Å². The van der Waals surface area contributed by atoms with E-state index in [-0.39, 0.29) is 17.6 Å². The summed E-state index contributed by atoms with van der Waals surface area (Å²) in [5, 5.41) is 2.20. The van der Waals surface area contributed by atoms with Crippen LogP contribution >= 0.6 is 0 Å². The molecule has 0 saturated carbocycles. The van der Waals surface area contributed by atoms with Gasteiger partial charge in [-0.1, -0.05) is 6.07 Å². The third-order valence-corrected chi connectivity index (χ3v) is 3.56. The number of rotatable bonds is 4. The molecule has 1 N–H and O–H groups in total. The molecule has 2 rings (SSSR count). The molecular formula is C14H22FN3O. The lowest BCUT2D eigenvalue weighted by atomic mass is 10.1. The van der Waals surface area contributed by atoms with Gasteiger partial charge in [0.05, 0.1) is 7.11 Å². The maximum absolute atomic E-state index is 13.7. The van der Waals surface area contributed by atoms with E-state index in [0.717, 1.165) is 31.7 Å². The minimum atomic E-state index is -0.313. The molecule has 19 heavy (non-hydrogen) atoms. The van der Waals surface area contributed by atoms with Gasteiger partial charge in [-0.25, -0.2) is 14.8 Å². The van der Waals surface area contributed by atoms with Crippen molar-refractivity contribution in [2.24, 2.45) is 0 Å². The Morgan fingerprint density at radius 3 is 2.53 bits per heavy atom. The summed E-state index contributed by atoms with van der Waals surface area (Å²) in [5.74, 6) is -0.0254. The van der Waals surface area contributed by atoms with E-state index in [9.17, 15) is 4.39 Å². The number of ether oxygens (including phenoxy) is 1. The largest absolute Gasteiger partial charge is 0.494 e. The first-order chi connectivity index (χ1) is 9.10. The average Bonchev–Trinajstić information content (AvgIpc) is 2.41. The molecule has 1 saturated heterocycles. The highest BCUT2D eigenvalue weighted by Gasteiger charge is 2.17. The quantitative estimate of drug-likeness (QED) is 0.897. The van der Waals surface area contributed by atoms with Crippen molar-refractivity contribution in [1.29, 1.82) is 0 Å². The van der Waals surface area contributed by atoms with Crippen molar-refractivity contribution >= 4 is 0 Å². The Morgan fingerprint density at radius 2 is 1.95 bits per heavy atom. The molecule has 0 spiro atoms. The fourth-order valence-corrected chi connectivity index (χ4v) is 2.24. The maximum atomic E-state index is 13.7. The molecule has 1 aromatic carbocycles. The molecule has 5 heteroatoms. The molecule has 0 aromatic heterocycles. The summed E-state index contributed by atoms with van der Waals surface area (Å²) in [5.41, 5.74) is 4.35. The summed E-state index contributed by atoms with van der Waals surface area (Å²) in [6.07, 6.45) is 0. The molecule has 1 fully saturated rings. The number of likely N-dealkylation sites (N-methyl/N-ethyl adjacent to an activating group) is 1. The SMILES string of the molecule is COc1ccc(C(C)NN2CCN(C)CC2)cc1F. The monoisotopic (exact) mass is 267 g/mol. The lowest BCUT2D eigenvalue weighted by molar-refractivity contribution is 0.0898. The lowest BCUT2D eigenvalue weighted by Crippen LogP contribution is -2.51. The van der Waals surface area contributed by atoms with Crippen LogP contribution in [-0.2, 0) is 0 Å². The zero-order chi connectivity index (χ0) is 13.8. The molecule has 1 aliphatic heterocycles. The van der Waals surface area contributed by atoms with E-state index in [0.29, 0.717) is 0 Å². The fourth-order valence-electron chi connectivity index (χ4n) is 2.24. The summed E-state index contributed by atoms with van der Waals surface area (Å²) in [4.78, 5) is 2.30.